The van der Waals surface area contributed by atoms with Crippen LogP contribution in [0, 0.1) is 0 Å². The Morgan fingerprint density at radius 2 is 1.83 bits per heavy atom. The number of fused-ring (bicyclic) bond motifs is 1. The fourth-order valence-electron chi connectivity index (χ4n) is 3.22. The average molecular weight is 416 g/mol. The number of para-hydroxylation sites is 1. The lowest BCUT2D eigenvalue weighted by Crippen LogP contribution is -2.55. The molecule has 2 aromatic carbocycles. The van der Waals surface area contributed by atoms with E-state index in [1.54, 1.807) is 43.3 Å². The first-order chi connectivity index (χ1) is 14.3. The summed E-state index contributed by atoms with van der Waals surface area (Å²) >= 11 is 0. The van der Waals surface area contributed by atoms with Crippen LogP contribution in [0.15, 0.2) is 54.6 Å². The second-order valence-electron chi connectivity index (χ2n) is 6.99. The van der Waals surface area contributed by atoms with Crippen molar-refractivity contribution in [1.82, 2.24) is 0 Å². The molecular formula is C23H22F2O5. The number of rotatable bonds is 6. The Morgan fingerprint density at radius 3 is 2.53 bits per heavy atom. The lowest BCUT2D eigenvalue weighted by atomic mass is 9.74. The maximum absolute atomic E-state index is 14.9. The highest BCUT2D eigenvalue weighted by molar-refractivity contribution is 5.89. The van der Waals surface area contributed by atoms with Crippen molar-refractivity contribution in [3.8, 4) is 5.75 Å². The van der Waals surface area contributed by atoms with Crippen molar-refractivity contribution in [2.45, 2.75) is 31.8 Å². The lowest BCUT2D eigenvalue weighted by Gasteiger charge is -2.40. The van der Waals surface area contributed by atoms with Gasteiger partial charge >= 0.3 is 17.9 Å². The summed E-state index contributed by atoms with van der Waals surface area (Å²) in [7, 11) is 0. The summed E-state index contributed by atoms with van der Waals surface area (Å²) in [6.07, 6.45) is 2.59. The van der Waals surface area contributed by atoms with Crippen LogP contribution < -0.4 is 4.74 Å². The first-order valence-electron chi connectivity index (χ1n) is 9.49. The van der Waals surface area contributed by atoms with E-state index in [2.05, 4.69) is 0 Å². The molecule has 1 aliphatic heterocycles. The zero-order chi connectivity index (χ0) is 21.8. The maximum atomic E-state index is 14.9. The van der Waals surface area contributed by atoms with Gasteiger partial charge in [-0.15, -0.1) is 0 Å². The third-order valence-corrected chi connectivity index (χ3v) is 5.02. The molecule has 0 saturated carbocycles. The van der Waals surface area contributed by atoms with Crippen LogP contribution in [0.3, 0.4) is 0 Å². The molecule has 0 amide bonds. The third-order valence-electron chi connectivity index (χ3n) is 5.02. The largest absolute Gasteiger partial charge is 0.486 e. The standard InChI is InChI=1S/C23H22F2O5/c1-3-28-19(26)13-12-17-10-7-11-18-20(17)30-15-23(24,25)22(18,2)21(27)29-14-16-8-5-4-6-9-16/h4-13H,3,14-15H2,1-2H3/b13-12+. The van der Waals surface area contributed by atoms with Gasteiger partial charge < -0.3 is 14.2 Å². The van der Waals surface area contributed by atoms with Crippen LogP contribution in [0.1, 0.15) is 30.5 Å². The first kappa shape index (κ1) is 21.5. The molecule has 7 heteroatoms. The molecule has 0 N–H and O–H groups in total. The predicted molar refractivity (Wildman–Crippen MR) is 106 cm³/mol. The van der Waals surface area contributed by atoms with E-state index in [4.69, 9.17) is 14.2 Å². The molecule has 0 saturated heterocycles. The van der Waals surface area contributed by atoms with Gasteiger partial charge in [-0.2, -0.15) is 0 Å². The Bertz CT molecular complexity index is 955. The Balaban J connectivity index is 1.94. The van der Waals surface area contributed by atoms with Gasteiger partial charge in [0.05, 0.1) is 6.61 Å². The molecule has 1 heterocycles. The molecule has 30 heavy (non-hydrogen) atoms. The van der Waals surface area contributed by atoms with Crippen LogP contribution in [0.2, 0.25) is 0 Å². The predicted octanol–water partition coefficient (Wildman–Crippen LogP) is 4.29. The Labute approximate surface area is 173 Å². The molecule has 0 aliphatic carbocycles. The maximum Gasteiger partial charge on any atom is 0.330 e. The number of halogens is 2. The van der Waals surface area contributed by atoms with E-state index in [9.17, 15) is 18.4 Å². The van der Waals surface area contributed by atoms with E-state index < -0.39 is 29.9 Å². The SMILES string of the molecule is CCOC(=O)/C=C/c1cccc2c1OCC(F)(F)C2(C)C(=O)OCc1ccccc1. The summed E-state index contributed by atoms with van der Waals surface area (Å²) in [4.78, 5) is 24.5. The summed E-state index contributed by atoms with van der Waals surface area (Å²) in [5.41, 5.74) is -1.17. The van der Waals surface area contributed by atoms with E-state index in [-0.39, 0.29) is 24.5 Å². The fourth-order valence-corrected chi connectivity index (χ4v) is 3.22. The third kappa shape index (κ3) is 4.06. The zero-order valence-corrected chi connectivity index (χ0v) is 16.7. The molecule has 0 aromatic heterocycles. The van der Waals surface area contributed by atoms with Gasteiger partial charge in [0.25, 0.3) is 0 Å². The van der Waals surface area contributed by atoms with E-state index in [1.165, 1.54) is 24.3 Å². The van der Waals surface area contributed by atoms with Crippen LogP contribution >= 0.6 is 0 Å². The summed E-state index contributed by atoms with van der Waals surface area (Å²) in [6, 6.07) is 13.4. The number of alkyl halides is 2. The lowest BCUT2D eigenvalue weighted by molar-refractivity contribution is -0.177. The number of ether oxygens (including phenoxy) is 3. The molecular weight excluding hydrogens is 394 g/mol. The molecule has 0 bridgehead atoms. The van der Waals surface area contributed by atoms with Gasteiger partial charge in [0.1, 0.15) is 12.4 Å². The van der Waals surface area contributed by atoms with Gasteiger partial charge in [-0.05, 0) is 25.5 Å². The van der Waals surface area contributed by atoms with E-state index in [0.29, 0.717) is 11.1 Å². The van der Waals surface area contributed by atoms with E-state index in [0.717, 1.165) is 6.92 Å². The highest BCUT2D eigenvalue weighted by Gasteiger charge is 2.62. The van der Waals surface area contributed by atoms with Crippen molar-refractivity contribution < 1.29 is 32.6 Å². The normalized spacial score (nSPS) is 19.6. The smallest absolute Gasteiger partial charge is 0.330 e. The Morgan fingerprint density at radius 1 is 1.10 bits per heavy atom. The quantitative estimate of drug-likeness (QED) is 0.519. The highest BCUT2D eigenvalue weighted by atomic mass is 19.3. The average Bonchev–Trinajstić information content (AvgIpc) is 2.74. The monoisotopic (exact) mass is 416 g/mol. The van der Waals surface area contributed by atoms with Crippen LogP contribution in [-0.4, -0.2) is 31.1 Å². The van der Waals surface area contributed by atoms with Gasteiger partial charge in [-0.3, -0.25) is 4.79 Å². The summed E-state index contributed by atoms with van der Waals surface area (Å²) in [5, 5.41) is 0. The van der Waals surface area contributed by atoms with E-state index >= 15 is 0 Å². The zero-order valence-electron chi connectivity index (χ0n) is 16.7. The number of hydrogen-bond acceptors (Lipinski definition) is 5. The minimum absolute atomic E-state index is 0.00261. The molecule has 1 unspecified atom stereocenters. The van der Waals surface area contributed by atoms with Crippen molar-refractivity contribution in [2.75, 3.05) is 13.2 Å². The summed E-state index contributed by atoms with van der Waals surface area (Å²) in [5.74, 6) is -4.99. The van der Waals surface area contributed by atoms with Crippen molar-refractivity contribution in [1.29, 1.82) is 0 Å². The molecule has 158 valence electrons. The molecule has 3 rings (SSSR count). The van der Waals surface area contributed by atoms with Crippen molar-refractivity contribution in [2.24, 2.45) is 0 Å². The van der Waals surface area contributed by atoms with Gasteiger partial charge in [0.2, 0.25) is 0 Å². The number of benzene rings is 2. The first-order valence-corrected chi connectivity index (χ1v) is 9.49. The number of carbonyl (C=O) groups is 2. The topological polar surface area (TPSA) is 61.8 Å². The number of esters is 2. The van der Waals surface area contributed by atoms with Crippen molar-refractivity contribution in [3.05, 3.63) is 71.3 Å². The van der Waals surface area contributed by atoms with Crippen molar-refractivity contribution in [3.63, 3.8) is 0 Å². The summed E-state index contributed by atoms with van der Waals surface area (Å²) < 4.78 is 45.3. The molecule has 1 atom stereocenters. The van der Waals surface area contributed by atoms with Gasteiger partial charge in [0, 0.05) is 17.2 Å². The fraction of sp³-hybridized carbons (Fsp3) is 0.304. The molecule has 0 fully saturated rings. The van der Waals surface area contributed by atoms with Gasteiger partial charge in [-0.25, -0.2) is 13.6 Å². The van der Waals surface area contributed by atoms with Crippen LogP contribution in [-0.2, 0) is 31.1 Å². The number of carbonyl (C=O) groups excluding carboxylic acids is 2. The minimum atomic E-state index is -3.49. The van der Waals surface area contributed by atoms with E-state index in [1.807, 2.05) is 0 Å². The van der Waals surface area contributed by atoms with Crippen LogP contribution in [0.4, 0.5) is 8.78 Å². The second kappa shape index (κ2) is 8.65. The molecule has 0 radical (unpaired) electrons. The van der Waals surface area contributed by atoms with Gasteiger partial charge in [-0.1, -0.05) is 48.5 Å². The molecule has 0 spiro atoms. The van der Waals surface area contributed by atoms with Crippen LogP contribution in [0.5, 0.6) is 5.75 Å². The summed E-state index contributed by atoms with van der Waals surface area (Å²) in [6.45, 7) is 1.93. The van der Waals surface area contributed by atoms with Gasteiger partial charge in [0.15, 0.2) is 12.0 Å². The number of hydrogen-bond donors (Lipinski definition) is 0. The highest BCUT2D eigenvalue weighted by Crippen LogP contribution is 2.49. The van der Waals surface area contributed by atoms with Crippen LogP contribution in [0.25, 0.3) is 6.08 Å². The van der Waals surface area contributed by atoms with Crippen molar-refractivity contribution >= 4 is 18.0 Å². The minimum Gasteiger partial charge on any atom is -0.486 e. The molecule has 5 nitrogen and oxygen atoms in total. The Kier molecular flexibility index (Phi) is 6.20. The second-order valence-corrected chi connectivity index (χ2v) is 6.99. The Hall–Kier alpha value is -3.22. The molecule has 2 aromatic rings. The molecule has 1 aliphatic rings.